The third-order valence-corrected chi connectivity index (χ3v) is 3.30. The largest absolute Gasteiger partial charge is 0.483 e. The van der Waals surface area contributed by atoms with Gasteiger partial charge in [0.15, 0.2) is 12.4 Å². The average Bonchev–Trinajstić information content (AvgIpc) is 2.53. The fourth-order valence-corrected chi connectivity index (χ4v) is 2.11. The molecule has 4 nitrogen and oxygen atoms in total. The highest BCUT2D eigenvalue weighted by atomic mass is 19.1. The van der Waals surface area contributed by atoms with Crippen molar-refractivity contribution in [3.8, 4) is 5.75 Å². The fraction of sp³-hybridized carbons (Fsp3) is 0.222. The minimum atomic E-state index is -0.525. The summed E-state index contributed by atoms with van der Waals surface area (Å²) in [4.78, 5) is 23.4. The van der Waals surface area contributed by atoms with Crippen molar-refractivity contribution in [2.24, 2.45) is 0 Å². The van der Waals surface area contributed by atoms with E-state index < -0.39 is 5.82 Å². The number of carbonyl (C=O) groups is 2. The molecule has 120 valence electrons. The average molecular weight is 315 g/mol. The number of amides is 1. The van der Waals surface area contributed by atoms with Gasteiger partial charge in [-0.05, 0) is 49.2 Å². The molecule has 2 rings (SSSR count). The van der Waals surface area contributed by atoms with Crippen molar-refractivity contribution >= 4 is 17.4 Å². The van der Waals surface area contributed by atoms with Crippen LogP contribution in [0.25, 0.3) is 0 Å². The Morgan fingerprint density at radius 2 is 1.96 bits per heavy atom. The van der Waals surface area contributed by atoms with Gasteiger partial charge in [0, 0.05) is 5.69 Å². The van der Waals surface area contributed by atoms with Crippen LogP contribution in [0.3, 0.4) is 0 Å². The molecule has 0 radical (unpaired) electrons. The van der Waals surface area contributed by atoms with Crippen LogP contribution in [0.1, 0.15) is 29.8 Å². The minimum absolute atomic E-state index is 0.116. The van der Waals surface area contributed by atoms with Gasteiger partial charge in [-0.25, -0.2) is 4.39 Å². The fourth-order valence-electron chi connectivity index (χ4n) is 2.11. The molecule has 0 aliphatic carbocycles. The Bertz CT molecular complexity index is 728. The summed E-state index contributed by atoms with van der Waals surface area (Å²) in [5, 5.41) is 2.72. The molecule has 0 bridgehead atoms. The zero-order valence-electron chi connectivity index (χ0n) is 13.1. The second-order valence-corrected chi connectivity index (χ2v) is 5.09. The maximum atomic E-state index is 13.2. The van der Waals surface area contributed by atoms with E-state index in [1.54, 1.807) is 6.07 Å². The van der Waals surface area contributed by atoms with Gasteiger partial charge >= 0.3 is 0 Å². The van der Waals surface area contributed by atoms with E-state index in [-0.39, 0.29) is 29.6 Å². The van der Waals surface area contributed by atoms with Crippen LogP contribution >= 0.6 is 0 Å². The van der Waals surface area contributed by atoms with Crippen LogP contribution in [0.15, 0.2) is 42.5 Å². The molecule has 1 N–H and O–H groups in total. The number of halogens is 1. The molecule has 2 aromatic rings. The standard InChI is InChI=1S/C18H18FNO3/c1-3-13-5-4-6-15(9-13)20-18(22)11-23-17-8-7-14(19)10-16(17)12(2)21/h4-10H,3,11H2,1-2H3,(H,20,22). The van der Waals surface area contributed by atoms with Gasteiger partial charge in [-0.15, -0.1) is 0 Å². The van der Waals surface area contributed by atoms with Crippen molar-refractivity contribution in [2.75, 3.05) is 11.9 Å². The van der Waals surface area contributed by atoms with E-state index in [0.29, 0.717) is 5.69 Å². The zero-order chi connectivity index (χ0) is 16.8. The summed E-state index contributed by atoms with van der Waals surface area (Å²) in [6.07, 6.45) is 0.873. The Morgan fingerprint density at radius 3 is 2.65 bits per heavy atom. The Labute approximate surface area is 134 Å². The molecule has 5 heteroatoms. The van der Waals surface area contributed by atoms with Gasteiger partial charge in [-0.3, -0.25) is 9.59 Å². The maximum absolute atomic E-state index is 13.2. The highest BCUT2D eigenvalue weighted by Gasteiger charge is 2.12. The third-order valence-electron chi connectivity index (χ3n) is 3.30. The first kappa shape index (κ1) is 16.7. The van der Waals surface area contributed by atoms with E-state index in [2.05, 4.69) is 5.32 Å². The summed E-state index contributed by atoms with van der Waals surface area (Å²) in [6.45, 7) is 3.09. The number of anilines is 1. The zero-order valence-corrected chi connectivity index (χ0v) is 13.1. The number of Topliss-reactive ketones (excluding diaryl/α,β-unsaturated/α-hetero) is 1. The lowest BCUT2D eigenvalue weighted by molar-refractivity contribution is -0.118. The van der Waals surface area contributed by atoms with Crippen LogP contribution in [-0.2, 0) is 11.2 Å². The first-order chi connectivity index (χ1) is 11.0. The first-order valence-electron chi connectivity index (χ1n) is 7.31. The van der Waals surface area contributed by atoms with Gasteiger partial charge in [0.2, 0.25) is 0 Å². The predicted molar refractivity (Wildman–Crippen MR) is 86.3 cm³/mol. The third kappa shape index (κ3) is 4.64. The van der Waals surface area contributed by atoms with Crippen LogP contribution in [-0.4, -0.2) is 18.3 Å². The van der Waals surface area contributed by atoms with Crippen LogP contribution < -0.4 is 10.1 Å². The van der Waals surface area contributed by atoms with E-state index in [4.69, 9.17) is 4.74 Å². The van der Waals surface area contributed by atoms with Gasteiger partial charge < -0.3 is 10.1 Å². The molecular weight excluding hydrogens is 297 g/mol. The lowest BCUT2D eigenvalue weighted by atomic mass is 10.1. The number of rotatable bonds is 6. The number of hydrogen-bond acceptors (Lipinski definition) is 3. The number of carbonyl (C=O) groups excluding carboxylic acids is 2. The van der Waals surface area contributed by atoms with Crippen molar-refractivity contribution in [1.29, 1.82) is 0 Å². The summed E-state index contributed by atoms with van der Waals surface area (Å²) < 4.78 is 18.5. The second kappa shape index (κ2) is 7.54. The van der Waals surface area contributed by atoms with E-state index in [1.807, 2.05) is 25.1 Å². The number of ether oxygens (including phenoxy) is 1. The number of ketones is 1. The van der Waals surface area contributed by atoms with E-state index >= 15 is 0 Å². The first-order valence-corrected chi connectivity index (χ1v) is 7.31. The van der Waals surface area contributed by atoms with Crippen LogP contribution in [0, 0.1) is 5.82 Å². The van der Waals surface area contributed by atoms with Crippen molar-refractivity contribution < 1.29 is 18.7 Å². The van der Waals surface area contributed by atoms with Gasteiger partial charge in [0.25, 0.3) is 5.91 Å². The molecule has 0 aliphatic heterocycles. The SMILES string of the molecule is CCc1cccc(NC(=O)COc2ccc(F)cc2C(C)=O)c1. The summed E-state index contributed by atoms with van der Waals surface area (Å²) in [7, 11) is 0. The maximum Gasteiger partial charge on any atom is 0.262 e. The summed E-state index contributed by atoms with van der Waals surface area (Å²) >= 11 is 0. The van der Waals surface area contributed by atoms with Crippen molar-refractivity contribution in [3.63, 3.8) is 0 Å². The Balaban J connectivity index is 2.00. The summed E-state index contributed by atoms with van der Waals surface area (Å²) in [6, 6.07) is 11.1. The van der Waals surface area contributed by atoms with E-state index in [0.717, 1.165) is 18.1 Å². The molecule has 2 aromatic carbocycles. The quantitative estimate of drug-likeness (QED) is 0.829. The highest BCUT2D eigenvalue weighted by Crippen LogP contribution is 2.20. The predicted octanol–water partition coefficient (Wildman–Crippen LogP) is 3.61. The summed E-state index contributed by atoms with van der Waals surface area (Å²) in [5.74, 6) is -1.01. The molecule has 0 aromatic heterocycles. The lowest BCUT2D eigenvalue weighted by Gasteiger charge is -2.11. The van der Waals surface area contributed by atoms with E-state index in [9.17, 15) is 14.0 Å². The Morgan fingerprint density at radius 1 is 1.17 bits per heavy atom. The lowest BCUT2D eigenvalue weighted by Crippen LogP contribution is -2.20. The Kier molecular flexibility index (Phi) is 5.46. The number of aryl methyl sites for hydroxylation is 1. The van der Waals surface area contributed by atoms with Crippen molar-refractivity contribution in [2.45, 2.75) is 20.3 Å². The molecule has 0 unspecified atom stereocenters. The molecule has 1 amide bonds. The van der Waals surface area contributed by atoms with Crippen LogP contribution in [0.2, 0.25) is 0 Å². The van der Waals surface area contributed by atoms with E-state index in [1.165, 1.54) is 19.1 Å². The van der Waals surface area contributed by atoms with Gasteiger partial charge in [-0.1, -0.05) is 19.1 Å². The number of benzene rings is 2. The molecular formula is C18H18FNO3. The van der Waals surface area contributed by atoms with Crippen molar-refractivity contribution in [1.82, 2.24) is 0 Å². The second-order valence-electron chi connectivity index (χ2n) is 5.09. The van der Waals surface area contributed by atoms with Crippen molar-refractivity contribution in [3.05, 3.63) is 59.4 Å². The minimum Gasteiger partial charge on any atom is -0.483 e. The number of nitrogens with one attached hydrogen (secondary N) is 1. The smallest absolute Gasteiger partial charge is 0.262 e. The molecule has 0 spiro atoms. The van der Waals surface area contributed by atoms with Gasteiger partial charge in [0.1, 0.15) is 11.6 Å². The molecule has 0 saturated carbocycles. The van der Waals surface area contributed by atoms with Crippen LogP contribution in [0.5, 0.6) is 5.75 Å². The monoisotopic (exact) mass is 315 g/mol. The molecule has 0 saturated heterocycles. The molecule has 0 heterocycles. The molecule has 0 fully saturated rings. The Hall–Kier alpha value is -2.69. The molecule has 0 aliphatic rings. The molecule has 23 heavy (non-hydrogen) atoms. The van der Waals surface area contributed by atoms with Crippen LogP contribution in [0.4, 0.5) is 10.1 Å². The van der Waals surface area contributed by atoms with Gasteiger partial charge in [-0.2, -0.15) is 0 Å². The number of hydrogen-bond donors (Lipinski definition) is 1. The topological polar surface area (TPSA) is 55.4 Å². The van der Waals surface area contributed by atoms with Gasteiger partial charge in [0.05, 0.1) is 5.56 Å². The highest BCUT2D eigenvalue weighted by molar-refractivity contribution is 5.97. The molecule has 0 atom stereocenters. The summed E-state index contributed by atoms with van der Waals surface area (Å²) in [5.41, 5.74) is 1.91. The normalized spacial score (nSPS) is 10.2.